The SMILES string of the molecule is C#CCCCCN1C(=O)SC(C)(C)C1O. The van der Waals surface area contributed by atoms with Crippen LogP contribution in [0.15, 0.2) is 0 Å². The van der Waals surface area contributed by atoms with Gasteiger partial charge in [0.25, 0.3) is 5.24 Å². The lowest BCUT2D eigenvalue weighted by atomic mass is 10.1. The van der Waals surface area contributed by atoms with Crippen molar-refractivity contribution in [1.82, 2.24) is 4.90 Å². The number of thioether (sulfide) groups is 1. The Morgan fingerprint density at radius 3 is 2.73 bits per heavy atom. The van der Waals surface area contributed by atoms with E-state index in [1.165, 1.54) is 16.7 Å². The Kier molecular flexibility index (Phi) is 4.06. The van der Waals surface area contributed by atoms with E-state index in [4.69, 9.17) is 6.42 Å². The minimum absolute atomic E-state index is 0.0341. The van der Waals surface area contributed by atoms with Crippen LogP contribution in [-0.2, 0) is 0 Å². The van der Waals surface area contributed by atoms with Crippen molar-refractivity contribution >= 4 is 17.0 Å². The zero-order valence-electron chi connectivity index (χ0n) is 9.19. The molecule has 0 saturated carbocycles. The maximum Gasteiger partial charge on any atom is 0.284 e. The first-order chi connectivity index (χ1) is 6.99. The van der Waals surface area contributed by atoms with Gasteiger partial charge in [-0.05, 0) is 26.7 Å². The molecule has 1 rings (SSSR count). The van der Waals surface area contributed by atoms with Crippen LogP contribution in [0.2, 0.25) is 0 Å². The molecule has 1 N–H and O–H groups in total. The zero-order valence-corrected chi connectivity index (χ0v) is 10.0. The fourth-order valence-corrected chi connectivity index (χ4v) is 2.53. The maximum absolute atomic E-state index is 11.6. The Labute approximate surface area is 95.2 Å². The lowest BCUT2D eigenvalue weighted by molar-refractivity contribution is 0.0253. The zero-order chi connectivity index (χ0) is 11.5. The van der Waals surface area contributed by atoms with Crippen molar-refractivity contribution in [3.8, 4) is 12.3 Å². The van der Waals surface area contributed by atoms with Crippen molar-refractivity contribution in [3.05, 3.63) is 0 Å². The molecule has 0 radical (unpaired) electrons. The highest BCUT2D eigenvalue weighted by Gasteiger charge is 2.45. The molecule has 3 nitrogen and oxygen atoms in total. The number of hydrogen-bond acceptors (Lipinski definition) is 3. The molecule has 1 amide bonds. The maximum atomic E-state index is 11.6. The van der Waals surface area contributed by atoms with E-state index in [1.54, 1.807) is 0 Å². The summed E-state index contributed by atoms with van der Waals surface area (Å²) < 4.78 is -0.400. The summed E-state index contributed by atoms with van der Waals surface area (Å²) in [6.45, 7) is 4.35. The number of aliphatic hydroxyl groups is 1. The van der Waals surface area contributed by atoms with Crippen LogP contribution in [0, 0.1) is 12.3 Å². The van der Waals surface area contributed by atoms with E-state index in [1.807, 2.05) is 13.8 Å². The van der Waals surface area contributed by atoms with E-state index in [0.717, 1.165) is 19.3 Å². The molecule has 1 saturated heterocycles. The van der Waals surface area contributed by atoms with Crippen LogP contribution in [0.25, 0.3) is 0 Å². The number of carbonyl (C=O) groups excluding carboxylic acids is 1. The minimum Gasteiger partial charge on any atom is -0.372 e. The van der Waals surface area contributed by atoms with Gasteiger partial charge in [-0.2, -0.15) is 0 Å². The van der Waals surface area contributed by atoms with Gasteiger partial charge in [0.1, 0.15) is 6.23 Å². The first-order valence-electron chi connectivity index (χ1n) is 5.10. The highest BCUT2D eigenvalue weighted by molar-refractivity contribution is 8.15. The second kappa shape index (κ2) is 4.91. The van der Waals surface area contributed by atoms with Crippen LogP contribution < -0.4 is 0 Å². The summed E-state index contributed by atoms with van der Waals surface area (Å²) in [6.07, 6.45) is 6.94. The van der Waals surface area contributed by atoms with Crippen LogP contribution in [0.5, 0.6) is 0 Å². The number of amides is 1. The topological polar surface area (TPSA) is 40.5 Å². The Bertz CT molecular complexity index is 283. The Morgan fingerprint density at radius 1 is 1.60 bits per heavy atom. The number of aliphatic hydroxyl groups excluding tert-OH is 1. The van der Waals surface area contributed by atoms with E-state index in [2.05, 4.69) is 5.92 Å². The monoisotopic (exact) mass is 227 g/mol. The summed E-state index contributed by atoms with van der Waals surface area (Å²) in [7, 11) is 0. The Hall–Kier alpha value is -0.660. The average Bonchev–Trinajstić information content (AvgIpc) is 2.33. The molecule has 15 heavy (non-hydrogen) atoms. The largest absolute Gasteiger partial charge is 0.372 e. The fraction of sp³-hybridized carbons (Fsp3) is 0.727. The van der Waals surface area contributed by atoms with Crippen LogP contribution >= 0.6 is 11.8 Å². The molecule has 0 aromatic heterocycles. The summed E-state index contributed by atoms with van der Waals surface area (Å²) in [4.78, 5) is 13.1. The van der Waals surface area contributed by atoms with Crippen LogP contribution in [0.3, 0.4) is 0 Å². The Morgan fingerprint density at radius 2 is 2.27 bits per heavy atom. The summed E-state index contributed by atoms with van der Waals surface area (Å²) in [6, 6.07) is 0. The number of carbonyl (C=O) groups is 1. The van der Waals surface area contributed by atoms with E-state index in [-0.39, 0.29) is 5.24 Å². The van der Waals surface area contributed by atoms with Gasteiger partial charge in [-0.25, -0.2) is 0 Å². The van der Waals surface area contributed by atoms with Crippen molar-refractivity contribution in [1.29, 1.82) is 0 Å². The van der Waals surface area contributed by atoms with Crippen molar-refractivity contribution in [2.24, 2.45) is 0 Å². The first kappa shape index (κ1) is 12.4. The molecule has 4 heteroatoms. The third-order valence-corrected chi connectivity index (χ3v) is 3.62. The van der Waals surface area contributed by atoms with Crippen molar-refractivity contribution in [2.45, 2.75) is 44.1 Å². The van der Waals surface area contributed by atoms with Crippen molar-refractivity contribution in [2.75, 3.05) is 6.54 Å². The second-order valence-corrected chi connectivity index (χ2v) is 5.81. The number of nitrogens with zero attached hydrogens (tertiary/aromatic N) is 1. The van der Waals surface area contributed by atoms with Gasteiger partial charge in [0, 0.05) is 13.0 Å². The molecule has 1 fully saturated rings. The van der Waals surface area contributed by atoms with Gasteiger partial charge in [-0.3, -0.25) is 4.79 Å². The van der Waals surface area contributed by atoms with E-state index < -0.39 is 11.0 Å². The molecule has 1 aliphatic heterocycles. The summed E-state index contributed by atoms with van der Waals surface area (Å²) in [5.74, 6) is 2.56. The fourth-order valence-electron chi connectivity index (χ4n) is 1.53. The summed E-state index contributed by atoms with van der Waals surface area (Å²) in [5.41, 5.74) is 0. The molecule has 0 aromatic rings. The number of rotatable bonds is 4. The molecule has 1 unspecified atom stereocenters. The van der Waals surface area contributed by atoms with E-state index in [0.29, 0.717) is 6.54 Å². The number of terminal acetylenes is 1. The molecular weight excluding hydrogens is 210 g/mol. The quantitative estimate of drug-likeness (QED) is 0.590. The van der Waals surface area contributed by atoms with Gasteiger partial charge >= 0.3 is 0 Å². The molecule has 0 aliphatic carbocycles. The first-order valence-corrected chi connectivity index (χ1v) is 5.92. The summed E-state index contributed by atoms with van der Waals surface area (Å²) in [5, 5.41) is 9.85. The highest BCUT2D eigenvalue weighted by Crippen LogP contribution is 2.39. The van der Waals surface area contributed by atoms with Gasteiger partial charge in [-0.1, -0.05) is 11.8 Å². The van der Waals surface area contributed by atoms with Gasteiger partial charge in [-0.15, -0.1) is 12.3 Å². The third kappa shape index (κ3) is 2.90. The minimum atomic E-state index is -0.680. The van der Waals surface area contributed by atoms with Crippen LogP contribution in [0.1, 0.15) is 33.1 Å². The van der Waals surface area contributed by atoms with Crippen molar-refractivity contribution < 1.29 is 9.90 Å². The molecular formula is C11H17NO2S. The Balaban J connectivity index is 2.42. The molecule has 0 bridgehead atoms. The van der Waals surface area contributed by atoms with Gasteiger partial charge in [0.2, 0.25) is 0 Å². The van der Waals surface area contributed by atoms with Crippen molar-refractivity contribution in [3.63, 3.8) is 0 Å². The number of hydrogen-bond donors (Lipinski definition) is 1. The van der Waals surface area contributed by atoms with Gasteiger partial charge in [0.05, 0.1) is 4.75 Å². The van der Waals surface area contributed by atoms with Gasteiger partial charge in [0.15, 0.2) is 0 Å². The second-order valence-electron chi connectivity index (χ2n) is 4.20. The number of unbranched alkanes of at least 4 members (excludes halogenated alkanes) is 2. The average molecular weight is 227 g/mol. The smallest absolute Gasteiger partial charge is 0.284 e. The standard InChI is InChI=1S/C11H17NO2S/c1-4-5-6-7-8-12-9(13)11(2,3)15-10(12)14/h1,9,13H,5-8H2,2-3H3. The summed E-state index contributed by atoms with van der Waals surface area (Å²) >= 11 is 1.20. The predicted molar refractivity (Wildman–Crippen MR) is 62.5 cm³/mol. The van der Waals surface area contributed by atoms with Crippen LogP contribution in [0.4, 0.5) is 4.79 Å². The van der Waals surface area contributed by atoms with E-state index >= 15 is 0 Å². The molecule has 0 spiro atoms. The molecule has 1 heterocycles. The van der Waals surface area contributed by atoms with E-state index in [9.17, 15) is 9.90 Å². The lowest BCUT2D eigenvalue weighted by Crippen LogP contribution is -2.41. The van der Waals surface area contributed by atoms with Gasteiger partial charge < -0.3 is 10.0 Å². The molecule has 0 aromatic carbocycles. The molecule has 1 atom stereocenters. The van der Waals surface area contributed by atoms with Crippen LogP contribution in [-0.4, -0.2) is 32.8 Å². The lowest BCUT2D eigenvalue weighted by Gasteiger charge is -2.25. The molecule has 84 valence electrons. The molecule has 1 aliphatic rings. The third-order valence-electron chi connectivity index (χ3n) is 2.47. The predicted octanol–water partition coefficient (Wildman–Crippen LogP) is 2.06. The highest BCUT2D eigenvalue weighted by atomic mass is 32.2. The normalized spacial score (nSPS) is 24.3.